The molecular formula is C18H16N4O3S2. The second kappa shape index (κ2) is 7.37. The van der Waals surface area contributed by atoms with Gasteiger partial charge in [0.1, 0.15) is 0 Å². The molecule has 1 aromatic heterocycles. The minimum absolute atomic E-state index is 0.0811. The van der Waals surface area contributed by atoms with Crippen LogP contribution < -0.4 is 10.6 Å². The summed E-state index contributed by atoms with van der Waals surface area (Å²) in [5, 5.41) is 17.1. The first-order chi connectivity index (χ1) is 12.8. The van der Waals surface area contributed by atoms with Crippen molar-refractivity contribution < 1.29 is 9.72 Å². The fraction of sp³-hybridized carbons (Fsp3) is 0.167. The first-order valence-corrected chi connectivity index (χ1v) is 9.23. The molecule has 0 spiro atoms. The lowest BCUT2D eigenvalue weighted by Gasteiger charge is -2.07. The number of carbonyl (C=O) groups excluding carboxylic acids is 1. The molecule has 3 rings (SSSR count). The Balaban J connectivity index is 1.75. The van der Waals surface area contributed by atoms with Crippen molar-refractivity contribution in [2.75, 3.05) is 5.32 Å². The number of nitrogens with one attached hydrogen (secondary N) is 2. The molecule has 2 N–H and O–H groups in total. The molecule has 138 valence electrons. The molecule has 2 aromatic carbocycles. The number of nitrogens with zero attached hydrogens (tertiary/aromatic N) is 2. The van der Waals surface area contributed by atoms with Crippen LogP contribution in [0, 0.1) is 30.9 Å². The zero-order valence-corrected chi connectivity index (χ0v) is 16.5. The highest BCUT2D eigenvalue weighted by molar-refractivity contribution is 7.80. The highest BCUT2D eigenvalue weighted by atomic mass is 32.1. The quantitative estimate of drug-likeness (QED) is 0.387. The van der Waals surface area contributed by atoms with Crippen molar-refractivity contribution in [3.05, 3.63) is 62.7 Å². The molecule has 0 aliphatic rings. The molecular weight excluding hydrogens is 384 g/mol. The van der Waals surface area contributed by atoms with Crippen molar-refractivity contribution in [3.63, 3.8) is 0 Å². The number of thiazole rings is 1. The third-order valence-corrected chi connectivity index (χ3v) is 5.37. The Morgan fingerprint density at radius 2 is 1.81 bits per heavy atom. The van der Waals surface area contributed by atoms with Crippen LogP contribution in [0.25, 0.3) is 10.2 Å². The lowest BCUT2D eigenvalue weighted by molar-refractivity contribution is -0.385. The first-order valence-electron chi connectivity index (χ1n) is 8.00. The minimum Gasteiger partial charge on any atom is -0.308 e. The highest BCUT2D eigenvalue weighted by Gasteiger charge is 2.16. The maximum absolute atomic E-state index is 12.3. The number of aromatic nitrogens is 1. The SMILES string of the molecule is Cc1ccc(C(=O)NC(=S)Nc2nc3c(C)ccc(C)c3s2)cc1[N+](=O)[O-]. The fourth-order valence-electron chi connectivity index (χ4n) is 2.56. The van der Waals surface area contributed by atoms with E-state index in [1.165, 1.54) is 29.5 Å². The van der Waals surface area contributed by atoms with Crippen molar-refractivity contribution in [2.45, 2.75) is 20.8 Å². The van der Waals surface area contributed by atoms with Crippen LogP contribution >= 0.6 is 23.6 Å². The van der Waals surface area contributed by atoms with Gasteiger partial charge < -0.3 is 5.32 Å². The summed E-state index contributed by atoms with van der Waals surface area (Å²) < 4.78 is 1.06. The van der Waals surface area contributed by atoms with Gasteiger partial charge in [-0.2, -0.15) is 0 Å². The zero-order valence-electron chi connectivity index (χ0n) is 14.8. The van der Waals surface area contributed by atoms with Crippen LogP contribution in [0.2, 0.25) is 0 Å². The Morgan fingerprint density at radius 1 is 1.15 bits per heavy atom. The van der Waals surface area contributed by atoms with Crippen molar-refractivity contribution in [1.82, 2.24) is 10.3 Å². The predicted molar refractivity (Wildman–Crippen MR) is 111 cm³/mol. The molecule has 27 heavy (non-hydrogen) atoms. The van der Waals surface area contributed by atoms with E-state index in [0.717, 1.165) is 21.3 Å². The number of hydrogen-bond donors (Lipinski definition) is 2. The molecule has 9 heteroatoms. The molecule has 1 heterocycles. The molecule has 0 bridgehead atoms. The summed E-state index contributed by atoms with van der Waals surface area (Å²) in [5.41, 5.74) is 3.60. The minimum atomic E-state index is -0.524. The summed E-state index contributed by atoms with van der Waals surface area (Å²) in [6.07, 6.45) is 0. The van der Waals surface area contributed by atoms with E-state index in [9.17, 15) is 14.9 Å². The van der Waals surface area contributed by atoms with E-state index in [1.807, 2.05) is 26.0 Å². The maximum atomic E-state index is 12.3. The van der Waals surface area contributed by atoms with Gasteiger partial charge in [0.2, 0.25) is 0 Å². The molecule has 0 saturated carbocycles. The van der Waals surface area contributed by atoms with Gasteiger partial charge in [-0.25, -0.2) is 4.98 Å². The number of nitro groups is 1. The van der Waals surface area contributed by atoms with Gasteiger partial charge in [-0.3, -0.25) is 20.2 Å². The van der Waals surface area contributed by atoms with E-state index in [2.05, 4.69) is 15.6 Å². The Kier molecular flexibility index (Phi) is 5.15. The monoisotopic (exact) mass is 400 g/mol. The Morgan fingerprint density at radius 3 is 2.48 bits per heavy atom. The van der Waals surface area contributed by atoms with E-state index < -0.39 is 10.8 Å². The molecule has 0 atom stereocenters. The molecule has 0 aliphatic heterocycles. The van der Waals surface area contributed by atoms with Crippen LogP contribution in [-0.4, -0.2) is 20.9 Å². The summed E-state index contributed by atoms with van der Waals surface area (Å²) in [6, 6.07) is 8.32. The van der Waals surface area contributed by atoms with Crippen LogP contribution in [0.1, 0.15) is 27.0 Å². The number of benzene rings is 2. The predicted octanol–water partition coefficient (Wildman–Crippen LogP) is 4.26. The van der Waals surface area contributed by atoms with E-state index in [1.54, 1.807) is 6.92 Å². The summed E-state index contributed by atoms with van der Waals surface area (Å²) in [6.45, 7) is 5.60. The molecule has 0 radical (unpaired) electrons. The third-order valence-electron chi connectivity index (χ3n) is 4.06. The highest BCUT2D eigenvalue weighted by Crippen LogP contribution is 2.30. The van der Waals surface area contributed by atoms with Crippen LogP contribution in [0.5, 0.6) is 0 Å². The maximum Gasteiger partial charge on any atom is 0.273 e. The Hall–Kier alpha value is -2.91. The zero-order chi connectivity index (χ0) is 19.7. The number of carbonyl (C=O) groups is 1. The molecule has 1 amide bonds. The van der Waals surface area contributed by atoms with Crippen LogP contribution in [0.15, 0.2) is 30.3 Å². The lowest BCUT2D eigenvalue weighted by Crippen LogP contribution is -2.34. The summed E-state index contributed by atoms with van der Waals surface area (Å²) in [5.74, 6) is -0.524. The fourth-order valence-corrected chi connectivity index (χ4v) is 3.83. The van der Waals surface area contributed by atoms with E-state index in [0.29, 0.717) is 10.7 Å². The molecule has 0 unspecified atom stereocenters. The van der Waals surface area contributed by atoms with Gasteiger partial charge in [-0.15, -0.1) is 0 Å². The number of thiocarbonyl (C=S) groups is 1. The first kappa shape index (κ1) is 18.9. The van der Waals surface area contributed by atoms with Crippen LogP contribution in [-0.2, 0) is 0 Å². The molecule has 7 nitrogen and oxygen atoms in total. The van der Waals surface area contributed by atoms with E-state index >= 15 is 0 Å². The van der Waals surface area contributed by atoms with Crippen molar-refractivity contribution in [2.24, 2.45) is 0 Å². The lowest BCUT2D eigenvalue weighted by atomic mass is 10.1. The second-order valence-electron chi connectivity index (χ2n) is 6.06. The van der Waals surface area contributed by atoms with Gasteiger partial charge in [0.15, 0.2) is 10.2 Å². The van der Waals surface area contributed by atoms with Gasteiger partial charge in [-0.1, -0.05) is 29.5 Å². The van der Waals surface area contributed by atoms with E-state index in [-0.39, 0.29) is 16.4 Å². The van der Waals surface area contributed by atoms with Gasteiger partial charge in [0.05, 0.1) is 15.1 Å². The number of hydrogen-bond acceptors (Lipinski definition) is 6. The summed E-state index contributed by atoms with van der Waals surface area (Å²) in [7, 11) is 0. The second-order valence-corrected chi connectivity index (χ2v) is 7.47. The third kappa shape index (κ3) is 3.93. The van der Waals surface area contributed by atoms with Gasteiger partial charge >= 0.3 is 0 Å². The van der Waals surface area contributed by atoms with Crippen LogP contribution in [0.3, 0.4) is 0 Å². The molecule has 0 aliphatic carbocycles. The van der Waals surface area contributed by atoms with Gasteiger partial charge in [0.25, 0.3) is 11.6 Å². The number of amides is 1. The number of anilines is 1. The largest absolute Gasteiger partial charge is 0.308 e. The number of fused-ring (bicyclic) bond motifs is 1. The molecule has 3 aromatic rings. The van der Waals surface area contributed by atoms with Gasteiger partial charge in [-0.05, 0) is 50.2 Å². The number of aryl methyl sites for hydroxylation is 3. The van der Waals surface area contributed by atoms with Crippen molar-refractivity contribution >= 4 is 55.6 Å². The van der Waals surface area contributed by atoms with E-state index in [4.69, 9.17) is 12.2 Å². The number of rotatable bonds is 3. The average Bonchev–Trinajstić information content (AvgIpc) is 3.03. The van der Waals surface area contributed by atoms with Crippen molar-refractivity contribution in [3.8, 4) is 0 Å². The average molecular weight is 400 g/mol. The summed E-state index contributed by atoms with van der Waals surface area (Å²) in [4.78, 5) is 27.4. The normalized spacial score (nSPS) is 10.6. The van der Waals surface area contributed by atoms with Crippen molar-refractivity contribution in [1.29, 1.82) is 0 Å². The topological polar surface area (TPSA) is 97.2 Å². The summed E-state index contributed by atoms with van der Waals surface area (Å²) >= 11 is 6.63. The molecule has 0 fully saturated rings. The molecule has 0 saturated heterocycles. The number of nitro benzene ring substituents is 1. The smallest absolute Gasteiger partial charge is 0.273 e. The van der Waals surface area contributed by atoms with Gasteiger partial charge in [0, 0.05) is 17.2 Å². The van der Waals surface area contributed by atoms with Crippen LogP contribution in [0.4, 0.5) is 10.8 Å². The Bertz CT molecular complexity index is 1050. The standard InChI is InChI=1S/C18H16N4O3S2/c1-9-6-7-12(8-13(9)22(24)25)16(23)20-17(26)21-18-19-14-10(2)4-5-11(3)15(14)27-18/h4-8H,1-3H3,(H2,19,20,21,23,26). The Labute approximate surface area is 164 Å².